The second kappa shape index (κ2) is 8.39. The lowest BCUT2D eigenvalue weighted by molar-refractivity contribution is -0.139. The van der Waals surface area contributed by atoms with Crippen molar-refractivity contribution in [3.8, 4) is 5.75 Å². The van der Waals surface area contributed by atoms with E-state index in [-0.39, 0.29) is 24.7 Å². The fourth-order valence-corrected chi connectivity index (χ4v) is 3.68. The Morgan fingerprint density at radius 1 is 1.11 bits per heavy atom. The number of amides is 2. The maximum Gasteiger partial charge on any atom is 0.319 e. The number of rotatable bonds is 10. The molecule has 1 aromatic carbocycles. The summed E-state index contributed by atoms with van der Waals surface area (Å²) in [5.41, 5.74) is 0.678. The molecule has 152 valence electrons. The highest BCUT2D eigenvalue weighted by molar-refractivity contribution is 5.91. The maximum absolute atomic E-state index is 12.4. The predicted molar refractivity (Wildman–Crippen MR) is 106 cm³/mol. The van der Waals surface area contributed by atoms with Crippen molar-refractivity contribution in [1.82, 2.24) is 10.2 Å². The third-order valence-electron chi connectivity index (χ3n) is 5.80. The summed E-state index contributed by atoms with van der Waals surface area (Å²) in [5.74, 6) is 1.23. The van der Waals surface area contributed by atoms with Crippen LogP contribution in [0.1, 0.15) is 38.5 Å². The van der Waals surface area contributed by atoms with Gasteiger partial charge in [0.05, 0.1) is 18.8 Å². The van der Waals surface area contributed by atoms with E-state index in [1.807, 2.05) is 24.3 Å². The number of benzene rings is 1. The van der Waals surface area contributed by atoms with Gasteiger partial charge in [0.15, 0.2) is 0 Å². The Morgan fingerprint density at radius 3 is 2.50 bits per heavy atom. The number of carbonyl (C=O) groups excluding carboxylic acids is 1. The van der Waals surface area contributed by atoms with Gasteiger partial charge in [0.1, 0.15) is 5.75 Å². The van der Waals surface area contributed by atoms with Crippen LogP contribution in [0.25, 0.3) is 0 Å². The van der Waals surface area contributed by atoms with Crippen LogP contribution in [0.5, 0.6) is 5.75 Å². The molecular formula is C21H29N3O4. The quantitative estimate of drug-likeness (QED) is 0.574. The molecule has 7 heteroatoms. The molecule has 0 saturated heterocycles. The second-order valence-corrected chi connectivity index (χ2v) is 8.44. The first kappa shape index (κ1) is 19.1. The third-order valence-corrected chi connectivity index (χ3v) is 5.80. The number of aliphatic carboxylic acids is 1. The van der Waals surface area contributed by atoms with Gasteiger partial charge in [-0.2, -0.15) is 0 Å². The molecule has 3 N–H and O–H groups in total. The smallest absolute Gasteiger partial charge is 0.319 e. The van der Waals surface area contributed by atoms with Gasteiger partial charge in [0.2, 0.25) is 0 Å². The lowest BCUT2D eigenvalue weighted by Gasteiger charge is -2.42. The lowest BCUT2D eigenvalue weighted by atomic mass is 9.85. The van der Waals surface area contributed by atoms with Crippen LogP contribution >= 0.6 is 0 Å². The molecule has 0 radical (unpaired) electrons. The van der Waals surface area contributed by atoms with Crippen molar-refractivity contribution in [2.24, 2.45) is 11.8 Å². The summed E-state index contributed by atoms with van der Waals surface area (Å²) in [6, 6.07) is 7.59. The number of anilines is 1. The Balaban J connectivity index is 1.23. The topological polar surface area (TPSA) is 90.9 Å². The largest absolute Gasteiger partial charge is 0.491 e. The van der Waals surface area contributed by atoms with Gasteiger partial charge in [-0.15, -0.1) is 0 Å². The molecule has 0 spiro atoms. The second-order valence-electron chi connectivity index (χ2n) is 8.44. The molecule has 0 aliphatic heterocycles. The van der Waals surface area contributed by atoms with E-state index in [0.29, 0.717) is 29.9 Å². The minimum absolute atomic E-state index is 0.0834. The normalized spacial score (nSPS) is 23.8. The highest BCUT2D eigenvalue weighted by atomic mass is 16.5. The van der Waals surface area contributed by atoms with Crippen LogP contribution in [-0.4, -0.2) is 53.8 Å². The predicted octanol–water partition coefficient (Wildman–Crippen LogP) is 2.92. The highest BCUT2D eigenvalue weighted by Gasteiger charge is 2.37. The first-order valence-electron chi connectivity index (χ1n) is 10.3. The fraction of sp³-hybridized carbons (Fsp3) is 0.619. The van der Waals surface area contributed by atoms with E-state index in [1.54, 1.807) is 0 Å². The fourth-order valence-electron chi connectivity index (χ4n) is 3.68. The number of carbonyl (C=O) groups is 2. The van der Waals surface area contributed by atoms with E-state index < -0.39 is 5.97 Å². The number of urea groups is 1. The van der Waals surface area contributed by atoms with E-state index in [2.05, 4.69) is 15.5 Å². The molecule has 3 aliphatic rings. The Bertz CT molecular complexity index is 711. The van der Waals surface area contributed by atoms with Crippen molar-refractivity contribution in [2.75, 3.05) is 25.0 Å². The van der Waals surface area contributed by atoms with Crippen molar-refractivity contribution < 1.29 is 19.4 Å². The summed E-state index contributed by atoms with van der Waals surface area (Å²) in [6.07, 6.45) is 6.45. The number of carboxylic acid groups (broad SMARTS) is 1. The Kier molecular flexibility index (Phi) is 5.71. The number of nitrogens with zero attached hydrogens (tertiary/aromatic N) is 1. The zero-order valence-electron chi connectivity index (χ0n) is 16.1. The molecule has 3 saturated carbocycles. The summed E-state index contributed by atoms with van der Waals surface area (Å²) in [5, 5.41) is 15.0. The van der Waals surface area contributed by atoms with Gasteiger partial charge in [0, 0.05) is 18.6 Å². The van der Waals surface area contributed by atoms with Crippen LogP contribution in [0.2, 0.25) is 0 Å². The lowest BCUT2D eigenvalue weighted by Crippen LogP contribution is -2.55. The molecule has 7 nitrogen and oxygen atoms in total. The number of hydrogen-bond donors (Lipinski definition) is 3. The monoisotopic (exact) mass is 387 g/mol. The summed E-state index contributed by atoms with van der Waals surface area (Å²) >= 11 is 0. The van der Waals surface area contributed by atoms with Gasteiger partial charge >= 0.3 is 12.0 Å². The zero-order chi connectivity index (χ0) is 19.5. The van der Waals surface area contributed by atoms with Gasteiger partial charge in [0.25, 0.3) is 0 Å². The van der Waals surface area contributed by atoms with Crippen LogP contribution in [0, 0.1) is 11.8 Å². The molecule has 0 bridgehead atoms. The minimum Gasteiger partial charge on any atom is -0.491 e. The molecule has 3 fully saturated rings. The number of hydrogen-bond acceptors (Lipinski definition) is 4. The van der Waals surface area contributed by atoms with Crippen LogP contribution < -0.4 is 15.4 Å². The molecule has 0 heterocycles. The van der Waals surface area contributed by atoms with Gasteiger partial charge in [-0.1, -0.05) is 12.1 Å². The molecule has 1 aromatic rings. The first-order chi connectivity index (χ1) is 13.6. The number of para-hydroxylation sites is 2. The molecule has 3 aliphatic carbocycles. The van der Waals surface area contributed by atoms with Gasteiger partial charge in [-0.25, -0.2) is 4.79 Å². The van der Waals surface area contributed by atoms with E-state index >= 15 is 0 Å². The average Bonchev–Trinajstić information content (AvgIpc) is 3.51. The first-order valence-corrected chi connectivity index (χ1v) is 10.3. The highest BCUT2D eigenvalue weighted by Crippen LogP contribution is 2.34. The molecule has 2 amide bonds. The average molecular weight is 387 g/mol. The van der Waals surface area contributed by atoms with Crippen LogP contribution in [0.15, 0.2) is 24.3 Å². The van der Waals surface area contributed by atoms with E-state index in [1.165, 1.54) is 25.7 Å². The third kappa shape index (κ3) is 5.38. The number of carboxylic acids is 1. The molecule has 0 aromatic heterocycles. The SMILES string of the molecule is O=C(O)CN(CC1CC1)C1CC(NC(=O)Nc2ccccc2OCC2CC2)C1. The number of nitrogens with one attached hydrogen (secondary N) is 2. The summed E-state index contributed by atoms with van der Waals surface area (Å²) in [6.45, 7) is 1.65. The number of ether oxygens (including phenoxy) is 1. The Morgan fingerprint density at radius 2 is 1.82 bits per heavy atom. The summed E-state index contributed by atoms with van der Waals surface area (Å²) in [4.78, 5) is 25.6. The molecule has 0 unspecified atom stereocenters. The van der Waals surface area contributed by atoms with Crippen molar-refractivity contribution in [2.45, 2.75) is 50.6 Å². The van der Waals surface area contributed by atoms with E-state index in [4.69, 9.17) is 9.84 Å². The molecule has 0 atom stereocenters. The minimum atomic E-state index is -0.780. The van der Waals surface area contributed by atoms with Gasteiger partial charge in [-0.3, -0.25) is 9.69 Å². The van der Waals surface area contributed by atoms with Crippen LogP contribution in [0.4, 0.5) is 10.5 Å². The molecule has 28 heavy (non-hydrogen) atoms. The van der Waals surface area contributed by atoms with E-state index in [9.17, 15) is 9.59 Å². The Hall–Kier alpha value is -2.28. The molecular weight excluding hydrogens is 358 g/mol. The van der Waals surface area contributed by atoms with Crippen molar-refractivity contribution in [3.63, 3.8) is 0 Å². The standard InChI is InChI=1S/C21H29N3O4/c25-20(26)12-24(11-14-5-6-14)17-9-16(10-17)22-21(27)23-18-3-1-2-4-19(18)28-13-15-7-8-15/h1-4,14-17H,5-13H2,(H,25,26)(H2,22,23,27). The van der Waals surface area contributed by atoms with Crippen molar-refractivity contribution in [1.29, 1.82) is 0 Å². The maximum atomic E-state index is 12.4. The zero-order valence-corrected chi connectivity index (χ0v) is 16.1. The van der Waals surface area contributed by atoms with Crippen LogP contribution in [-0.2, 0) is 4.79 Å². The molecule has 4 rings (SSSR count). The Labute approximate surface area is 165 Å². The summed E-state index contributed by atoms with van der Waals surface area (Å²) < 4.78 is 5.83. The van der Waals surface area contributed by atoms with Crippen molar-refractivity contribution >= 4 is 17.7 Å². The van der Waals surface area contributed by atoms with Crippen molar-refractivity contribution in [3.05, 3.63) is 24.3 Å². The van der Waals surface area contributed by atoms with Crippen LogP contribution in [0.3, 0.4) is 0 Å². The summed E-state index contributed by atoms with van der Waals surface area (Å²) in [7, 11) is 0. The van der Waals surface area contributed by atoms with Gasteiger partial charge < -0.3 is 20.5 Å². The van der Waals surface area contributed by atoms with E-state index in [0.717, 1.165) is 19.4 Å². The van der Waals surface area contributed by atoms with Gasteiger partial charge in [-0.05, 0) is 62.5 Å².